The Bertz CT molecular complexity index is 390. The van der Waals surface area contributed by atoms with E-state index in [1.54, 1.807) is 6.07 Å². The first-order chi connectivity index (χ1) is 8.61. The van der Waals surface area contributed by atoms with Gasteiger partial charge >= 0.3 is 5.97 Å². The first-order valence-corrected chi connectivity index (χ1v) is 6.69. The molecule has 0 aliphatic rings. The number of rotatable bonds is 7. The van der Waals surface area contributed by atoms with Gasteiger partial charge in [0, 0.05) is 5.69 Å². The highest BCUT2D eigenvalue weighted by molar-refractivity contribution is 5.79. The van der Waals surface area contributed by atoms with Crippen molar-refractivity contribution in [3.05, 3.63) is 29.8 Å². The predicted octanol–water partition coefficient (Wildman–Crippen LogP) is 3.65. The maximum absolute atomic E-state index is 11.6. The molecule has 1 aromatic carbocycles. The molecule has 3 N–H and O–H groups in total. The van der Waals surface area contributed by atoms with Crippen molar-refractivity contribution >= 4 is 11.7 Å². The molecule has 0 fully saturated rings. The lowest BCUT2D eigenvalue weighted by molar-refractivity contribution is -0.140. The second-order valence-electron chi connectivity index (χ2n) is 4.76. The van der Waals surface area contributed by atoms with E-state index in [9.17, 15) is 9.90 Å². The average Bonchev–Trinajstić information content (AvgIpc) is 2.35. The van der Waals surface area contributed by atoms with Crippen molar-refractivity contribution in [3.8, 4) is 0 Å². The molecular formula is C15H23NO2. The van der Waals surface area contributed by atoms with Gasteiger partial charge in [0.25, 0.3) is 0 Å². The summed E-state index contributed by atoms with van der Waals surface area (Å²) < 4.78 is 0. The third kappa shape index (κ3) is 3.49. The largest absolute Gasteiger partial charge is 0.481 e. The van der Waals surface area contributed by atoms with Crippen LogP contribution in [0.5, 0.6) is 0 Å². The molecule has 0 aliphatic heterocycles. The lowest BCUT2D eigenvalue weighted by Crippen LogP contribution is -2.22. The smallest absolute Gasteiger partial charge is 0.311 e. The van der Waals surface area contributed by atoms with Crippen LogP contribution >= 0.6 is 0 Å². The van der Waals surface area contributed by atoms with Crippen LogP contribution in [-0.4, -0.2) is 11.1 Å². The van der Waals surface area contributed by atoms with Crippen LogP contribution in [0.3, 0.4) is 0 Å². The first-order valence-electron chi connectivity index (χ1n) is 6.69. The molecule has 3 heteroatoms. The fourth-order valence-electron chi connectivity index (χ4n) is 2.46. The molecular weight excluding hydrogens is 226 g/mol. The average molecular weight is 249 g/mol. The molecule has 2 unspecified atom stereocenters. The minimum Gasteiger partial charge on any atom is -0.481 e. The Morgan fingerprint density at radius 2 is 2.00 bits per heavy atom. The second-order valence-corrected chi connectivity index (χ2v) is 4.76. The van der Waals surface area contributed by atoms with Gasteiger partial charge in [0.2, 0.25) is 0 Å². The van der Waals surface area contributed by atoms with E-state index >= 15 is 0 Å². The Morgan fingerprint density at radius 1 is 1.33 bits per heavy atom. The summed E-state index contributed by atoms with van der Waals surface area (Å²) in [6, 6.07) is 7.31. The molecule has 3 nitrogen and oxygen atoms in total. The number of hydrogen-bond acceptors (Lipinski definition) is 2. The van der Waals surface area contributed by atoms with Gasteiger partial charge in [-0.05, 0) is 24.0 Å². The number of anilines is 1. The molecule has 0 heterocycles. The number of nitrogens with two attached hydrogens (primary N) is 1. The molecule has 0 saturated carbocycles. The molecule has 2 atom stereocenters. The van der Waals surface area contributed by atoms with Gasteiger partial charge in [-0.2, -0.15) is 0 Å². The van der Waals surface area contributed by atoms with Crippen molar-refractivity contribution < 1.29 is 9.90 Å². The number of nitrogen functional groups attached to an aromatic ring is 1. The fourth-order valence-corrected chi connectivity index (χ4v) is 2.46. The lowest BCUT2D eigenvalue weighted by atomic mass is 9.80. The summed E-state index contributed by atoms with van der Waals surface area (Å²) in [5, 5.41) is 9.50. The van der Waals surface area contributed by atoms with Crippen LogP contribution in [0, 0.1) is 5.92 Å². The van der Waals surface area contributed by atoms with Gasteiger partial charge in [0.1, 0.15) is 0 Å². The van der Waals surface area contributed by atoms with Crippen LogP contribution in [-0.2, 0) is 4.79 Å². The molecule has 18 heavy (non-hydrogen) atoms. The second kappa shape index (κ2) is 7.04. The summed E-state index contributed by atoms with van der Waals surface area (Å²) >= 11 is 0. The summed E-state index contributed by atoms with van der Waals surface area (Å²) in [7, 11) is 0. The third-order valence-corrected chi connectivity index (χ3v) is 3.52. The Labute approximate surface area is 109 Å². The Morgan fingerprint density at radius 3 is 2.50 bits per heavy atom. The first kappa shape index (κ1) is 14.6. The topological polar surface area (TPSA) is 63.3 Å². The van der Waals surface area contributed by atoms with Gasteiger partial charge < -0.3 is 10.8 Å². The molecule has 0 radical (unpaired) electrons. The number of para-hydroxylation sites is 1. The molecule has 100 valence electrons. The number of hydrogen-bond donors (Lipinski definition) is 2. The number of carboxylic acid groups (broad SMARTS) is 1. The van der Waals surface area contributed by atoms with E-state index in [1.165, 1.54) is 0 Å². The van der Waals surface area contributed by atoms with Crippen LogP contribution in [0.2, 0.25) is 0 Å². The molecule has 0 aliphatic carbocycles. The molecule has 0 spiro atoms. The number of carboxylic acids is 1. The minimum absolute atomic E-state index is 0.159. The van der Waals surface area contributed by atoms with Crippen LogP contribution in [0.15, 0.2) is 24.3 Å². The minimum atomic E-state index is -0.768. The van der Waals surface area contributed by atoms with Gasteiger partial charge in [-0.1, -0.05) is 51.3 Å². The van der Waals surface area contributed by atoms with E-state index in [4.69, 9.17) is 5.73 Å². The zero-order valence-electron chi connectivity index (χ0n) is 11.2. The van der Waals surface area contributed by atoms with Crippen LogP contribution in [0.25, 0.3) is 0 Å². The maximum atomic E-state index is 11.6. The Hall–Kier alpha value is -1.51. The fraction of sp³-hybridized carbons (Fsp3) is 0.533. The van der Waals surface area contributed by atoms with Crippen molar-refractivity contribution in [2.24, 2.45) is 5.92 Å². The van der Waals surface area contributed by atoms with Gasteiger partial charge in [0.05, 0.1) is 5.92 Å². The highest BCUT2D eigenvalue weighted by Gasteiger charge is 2.29. The maximum Gasteiger partial charge on any atom is 0.311 e. The van der Waals surface area contributed by atoms with E-state index in [1.807, 2.05) is 18.2 Å². The van der Waals surface area contributed by atoms with E-state index in [2.05, 4.69) is 13.8 Å². The zero-order valence-corrected chi connectivity index (χ0v) is 11.2. The van der Waals surface area contributed by atoms with Crippen molar-refractivity contribution in [1.29, 1.82) is 0 Å². The normalized spacial score (nSPS) is 14.1. The lowest BCUT2D eigenvalue weighted by Gasteiger charge is -2.24. The van der Waals surface area contributed by atoms with Crippen molar-refractivity contribution in [2.45, 2.75) is 45.4 Å². The summed E-state index contributed by atoms with van der Waals surface area (Å²) in [5.74, 6) is -1.09. The van der Waals surface area contributed by atoms with Crippen molar-refractivity contribution in [3.63, 3.8) is 0 Å². The van der Waals surface area contributed by atoms with Crippen LogP contribution < -0.4 is 5.73 Å². The van der Waals surface area contributed by atoms with Crippen molar-refractivity contribution in [2.75, 3.05) is 5.73 Å². The molecule has 0 saturated heterocycles. The number of benzene rings is 1. The van der Waals surface area contributed by atoms with Gasteiger partial charge in [-0.25, -0.2) is 0 Å². The summed E-state index contributed by atoms with van der Waals surface area (Å²) in [4.78, 5) is 11.6. The highest BCUT2D eigenvalue weighted by atomic mass is 16.4. The van der Waals surface area contributed by atoms with Gasteiger partial charge in [0.15, 0.2) is 0 Å². The van der Waals surface area contributed by atoms with Crippen LogP contribution in [0.4, 0.5) is 5.69 Å². The number of aliphatic carboxylic acids is 1. The molecule has 1 rings (SSSR count). The summed E-state index contributed by atoms with van der Waals surface area (Å²) in [5.41, 5.74) is 7.26. The Kier molecular flexibility index (Phi) is 5.69. The standard InChI is InChI=1S/C15H23NO2/c1-3-5-8-11(4-2)14(15(17)18)12-9-6-7-10-13(12)16/h6-7,9-11,14H,3-5,8,16H2,1-2H3,(H,17,18). The highest BCUT2D eigenvalue weighted by Crippen LogP contribution is 2.34. The van der Waals surface area contributed by atoms with E-state index in [-0.39, 0.29) is 5.92 Å². The van der Waals surface area contributed by atoms with E-state index in [0.717, 1.165) is 31.2 Å². The quantitative estimate of drug-likeness (QED) is 0.725. The van der Waals surface area contributed by atoms with Gasteiger partial charge in [-0.15, -0.1) is 0 Å². The molecule has 0 amide bonds. The van der Waals surface area contributed by atoms with E-state index < -0.39 is 11.9 Å². The Balaban J connectivity index is 3.01. The van der Waals surface area contributed by atoms with Gasteiger partial charge in [-0.3, -0.25) is 4.79 Å². The summed E-state index contributed by atoms with van der Waals surface area (Å²) in [6.45, 7) is 4.18. The van der Waals surface area contributed by atoms with Crippen LogP contribution in [0.1, 0.15) is 51.0 Å². The molecule has 0 bridgehead atoms. The summed E-state index contributed by atoms with van der Waals surface area (Å²) in [6.07, 6.45) is 3.96. The monoisotopic (exact) mass is 249 g/mol. The SMILES string of the molecule is CCCCC(CC)C(C(=O)O)c1ccccc1N. The molecule has 1 aromatic rings. The predicted molar refractivity (Wildman–Crippen MR) is 74.5 cm³/mol. The number of carbonyl (C=O) groups is 1. The zero-order chi connectivity index (χ0) is 13.5. The number of unbranched alkanes of at least 4 members (excludes halogenated alkanes) is 1. The third-order valence-electron chi connectivity index (χ3n) is 3.52. The van der Waals surface area contributed by atoms with E-state index in [0.29, 0.717) is 5.69 Å². The van der Waals surface area contributed by atoms with Crippen molar-refractivity contribution in [1.82, 2.24) is 0 Å². The molecule has 0 aromatic heterocycles.